The molecule has 3 rings (SSSR count). The van der Waals surface area contributed by atoms with Gasteiger partial charge in [0, 0.05) is 51.6 Å². The molecule has 0 aliphatic carbocycles. The summed E-state index contributed by atoms with van der Waals surface area (Å²) >= 11 is 0. The third-order valence-corrected chi connectivity index (χ3v) is 4.07. The van der Waals surface area contributed by atoms with Gasteiger partial charge in [-0.3, -0.25) is 0 Å². The number of hydrogen-bond acceptors (Lipinski definition) is 5. The molecule has 1 atom stereocenters. The second kappa shape index (κ2) is 7.21. The number of carbonyl (C=O) groups excluding carboxylic acids is 1. The molecule has 0 bridgehead atoms. The van der Waals surface area contributed by atoms with E-state index in [0.29, 0.717) is 31.1 Å². The molecule has 0 saturated carbocycles. The van der Waals surface area contributed by atoms with E-state index in [0.717, 1.165) is 12.2 Å². The highest BCUT2D eigenvalue weighted by Crippen LogP contribution is 2.18. The van der Waals surface area contributed by atoms with E-state index in [-0.39, 0.29) is 11.9 Å². The Kier molecular flexibility index (Phi) is 4.84. The van der Waals surface area contributed by atoms with Crippen LogP contribution in [0.4, 0.5) is 4.79 Å². The summed E-state index contributed by atoms with van der Waals surface area (Å²) in [5, 5.41) is 8.81. The summed E-state index contributed by atoms with van der Waals surface area (Å²) in [7, 11) is 3.49. The number of rotatable bonds is 3. The fourth-order valence-corrected chi connectivity index (χ4v) is 2.82. The summed E-state index contributed by atoms with van der Waals surface area (Å²) in [6.45, 7) is 2.27. The van der Waals surface area contributed by atoms with Crippen LogP contribution in [0.3, 0.4) is 0 Å². The van der Waals surface area contributed by atoms with Gasteiger partial charge in [-0.25, -0.2) is 14.8 Å². The van der Waals surface area contributed by atoms with Gasteiger partial charge in [-0.05, 0) is 6.07 Å². The molecule has 0 fully saturated rings. The standard InChI is InChI=1S/C17H20N6O2/c1-21(2)17(24)22-8-14(9-23-12-19-7-15(23)10-22)11-25-16-4-3-13(5-18)6-20-16/h3-4,6-7,12,14H,8-11H2,1-2H3/t14-/m1/s1. The highest BCUT2D eigenvalue weighted by atomic mass is 16.5. The van der Waals surface area contributed by atoms with Gasteiger partial charge in [0.05, 0.1) is 30.7 Å². The molecule has 8 heteroatoms. The smallest absolute Gasteiger partial charge is 0.319 e. The summed E-state index contributed by atoms with van der Waals surface area (Å²) in [5.41, 5.74) is 1.50. The van der Waals surface area contributed by atoms with E-state index in [1.807, 2.05) is 6.07 Å². The first-order chi connectivity index (χ1) is 12.1. The van der Waals surface area contributed by atoms with Crippen molar-refractivity contribution >= 4 is 6.03 Å². The topological polar surface area (TPSA) is 87.3 Å². The van der Waals surface area contributed by atoms with Crippen molar-refractivity contribution in [2.75, 3.05) is 27.2 Å². The predicted octanol–water partition coefficient (Wildman–Crippen LogP) is 1.34. The zero-order valence-electron chi connectivity index (χ0n) is 14.3. The predicted molar refractivity (Wildman–Crippen MR) is 89.7 cm³/mol. The molecule has 0 aromatic carbocycles. The zero-order valence-corrected chi connectivity index (χ0v) is 14.3. The molecular weight excluding hydrogens is 320 g/mol. The highest BCUT2D eigenvalue weighted by molar-refractivity contribution is 5.73. The number of pyridine rings is 1. The molecule has 25 heavy (non-hydrogen) atoms. The van der Waals surface area contributed by atoms with Crippen LogP contribution in [0.1, 0.15) is 11.3 Å². The first-order valence-corrected chi connectivity index (χ1v) is 8.01. The molecule has 0 spiro atoms. The number of aromatic nitrogens is 3. The van der Waals surface area contributed by atoms with Gasteiger partial charge in [0.2, 0.25) is 5.88 Å². The maximum absolute atomic E-state index is 12.4. The Morgan fingerprint density at radius 2 is 2.24 bits per heavy atom. The van der Waals surface area contributed by atoms with Crippen LogP contribution in [0.5, 0.6) is 5.88 Å². The molecule has 2 aromatic rings. The SMILES string of the molecule is CN(C)C(=O)N1Cc2cncn2C[C@H](COc2ccc(C#N)cn2)C1. The van der Waals surface area contributed by atoms with Crippen LogP contribution < -0.4 is 4.74 Å². The summed E-state index contributed by atoms with van der Waals surface area (Å²) in [6.07, 6.45) is 5.06. The molecule has 2 amide bonds. The van der Waals surface area contributed by atoms with Crippen LogP contribution in [0, 0.1) is 17.2 Å². The largest absolute Gasteiger partial charge is 0.477 e. The van der Waals surface area contributed by atoms with Crippen LogP contribution in [-0.4, -0.2) is 57.6 Å². The van der Waals surface area contributed by atoms with Gasteiger partial charge < -0.3 is 19.1 Å². The second-order valence-corrected chi connectivity index (χ2v) is 6.27. The molecule has 1 aliphatic rings. The monoisotopic (exact) mass is 340 g/mol. The molecule has 1 aliphatic heterocycles. The van der Waals surface area contributed by atoms with Crippen molar-refractivity contribution in [2.45, 2.75) is 13.1 Å². The van der Waals surface area contributed by atoms with Crippen LogP contribution in [0.25, 0.3) is 0 Å². The number of ether oxygens (including phenoxy) is 1. The first kappa shape index (κ1) is 16.8. The van der Waals surface area contributed by atoms with Crippen LogP contribution in [0.2, 0.25) is 0 Å². The van der Waals surface area contributed by atoms with Crippen molar-refractivity contribution in [3.05, 3.63) is 42.1 Å². The van der Waals surface area contributed by atoms with Crippen molar-refractivity contribution in [1.82, 2.24) is 24.3 Å². The van der Waals surface area contributed by atoms with Gasteiger partial charge in [-0.1, -0.05) is 0 Å². The van der Waals surface area contributed by atoms with E-state index in [1.54, 1.807) is 48.6 Å². The van der Waals surface area contributed by atoms with Gasteiger partial charge in [0.15, 0.2) is 0 Å². The number of amides is 2. The van der Waals surface area contributed by atoms with Gasteiger partial charge in [0.25, 0.3) is 0 Å². The third-order valence-electron chi connectivity index (χ3n) is 4.07. The number of urea groups is 1. The van der Waals surface area contributed by atoms with Crippen LogP contribution >= 0.6 is 0 Å². The summed E-state index contributed by atoms with van der Waals surface area (Å²) in [4.78, 5) is 24.1. The molecule has 3 heterocycles. The second-order valence-electron chi connectivity index (χ2n) is 6.27. The quantitative estimate of drug-likeness (QED) is 0.841. The summed E-state index contributed by atoms with van der Waals surface area (Å²) in [5.74, 6) is 0.580. The minimum absolute atomic E-state index is 0.0313. The molecule has 8 nitrogen and oxygen atoms in total. The highest BCUT2D eigenvalue weighted by Gasteiger charge is 2.26. The Morgan fingerprint density at radius 3 is 2.92 bits per heavy atom. The Balaban J connectivity index is 1.71. The minimum atomic E-state index is -0.0313. The lowest BCUT2D eigenvalue weighted by Crippen LogP contribution is -2.41. The van der Waals surface area contributed by atoms with Crippen molar-refractivity contribution in [3.8, 4) is 11.9 Å². The molecule has 0 saturated heterocycles. The average Bonchev–Trinajstić information content (AvgIpc) is 2.97. The number of hydrogen-bond donors (Lipinski definition) is 0. The number of nitrogens with zero attached hydrogens (tertiary/aromatic N) is 6. The third kappa shape index (κ3) is 3.88. The van der Waals surface area contributed by atoms with E-state index >= 15 is 0 Å². The van der Waals surface area contributed by atoms with Crippen LogP contribution in [-0.2, 0) is 13.1 Å². The Morgan fingerprint density at radius 1 is 1.40 bits per heavy atom. The Hall–Kier alpha value is -3.08. The summed E-state index contributed by atoms with van der Waals surface area (Å²) < 4.78 is 7.83. The lowest BCUT2D eigenvalue weighted by Gasteiger charge is -2.27. The van der Waals surface area contributed by atoms with Crippen molar-refractivity contribution in [2.24, 2.45) is 5.92 Å². The first-order valence-electron chi connectivity index (χ1n) is 8.01. The molecule has 130 valence electrons. The van der Waals surface area contributed by atoms with E-state index in [9.17, 15) is 4.79 Å². The van der Waals surface area contributed by atoms with Crippen molar-refractivity contribution in [1.29, 1.82) is 5.26 Å². The Labute approximate surface area is 146 Å². The van der Waals surface area contributed by atoms with E-state index in [1.165, 1.54) is 6.20 Å². The molecule has 2 aromatic heterocycles. The maximum Gasteiger partial charge on any atom is 0.319 e. The Bertz CT molecular complexity index is 777. The van der Waals surface area contributed by atoms with Crippen molar-refractivity contribution in [3.63, 3.8) is 0 Å². The summed E-state index contributed by atoms with van der Waals surface area (Å²) in [6, 6.07) is 5.35. The average molecular weight is 340 g/mol. The zero-order chi connectivity index (χ0) is 17.8. The van der Waals surface area contributed by atoms with Crippen LogP contribution in [0.15, 0.2) is 30.9 Å². The molecule has 0 unspecified atom stereocenters. The number of fused-ring (bicyclic) bond motifs is 1. The number of nitriles is 1. The molecule has 0 N–H and O–H groups in total. The fraction of sp³-hybridized carbons (Fsp3) is 0.412. The van der Waals surface area contributed by atoms with Gasteiger partial charge >= 0.3 is 6.03 Å². The van der Waals surface area contributed by atoms with E-state index < -0.39 is 0 Å². The van der Waals surface area contributed by atoms with Gasteiger partial charge in [-0.2, -0.15) is 5.26 Å². The molecular formula is C17H20N6O2. The minimum Gasteiger partial charge on any atom is -0.477 e. The van der Waals surface area contributed by atoms with Gasteiger partial charge in [0.1, 0.15) is 6.07 Å². The van der Waals surface area contributed by atoms with Gasteiger partial charge in [-0.15, -0.1) is 0 Å². The fourth-order valence-electron chi connectivity index (χ4n) is 2.82. The van der Waals surface area contributed by atoms with E-state index in [2.05, 4.69) is 14.5 Å². The number of imidazole rings is 1. The van der Waals surface area contributed by atoms with E-state index in [4.69, 9.17) is 10.00 Å². The maximum atomic E-state index is 12.4. The normalized spacial score (nSPS) is 16.5. The molecule has 0 radical (unpaired) electrons. The lowest BCUT2D eigenvalue weighted by molar-refractivity contribution is 0.145. The number of carbonyl (C=O) groups is 1. The lowest BCUT2D eigenvalue weighted by atomic mass is 10.1. The van der Waals surface area contributed by atoms with Crippen molar-refractivity contribution < 1.29 is 9.53 Å².